The second kappa shape index (κ2) is 17.9. The lowest BCUT2D eigenvalue weighted by Crippen LogP contribution is -2.52. The van der Waals surface area contributed by atoms with E-state index in [1.165, 1.54) is 4.90 Å². The maximum Gasteiger partial charge on any atom is 0.410 e. The van der Waals surface area contributed by atoms with E-state index in [0.717, 1.165) is 84.2 Å². The Bertz CT molecular complexity index is 2290. The van der Waals surface area contributed by atoms with Crippen LogP contribution >= 0.6 is 0 Å². The Morgan fingerprint density at radius 1 is 0.823 bits per heavy atom. The summed E-state index contributed by atoms with van der Waals surface area (Å²) in [5, 5.41) is 3.32. The van der Waals surface area contributed by atoms with E-state index in [2.05, 4.69) is 32.2 Å². The van der Waals surface area contributed by atoms with Crippen LogP contribution in [-0.2, 0) is 33.8 Å². The zero-order valence-electron chi connectivity index (χ0n) is 36.4. The fraction of sp³-hybridized carbons (Fsp3) is 0.447. The predicted octanol–water partition coefficient (Wildman–Crippen LogP) is 6.75. The molecule has 0 spiro atoms. The van der Waals surface area contributed by atoms with E-state index >= 15 is 0 Å². The number of piperidine rings is 1. The summed E-state index contributed by atoms with van der Waals surface area (Å²) in [7, 11) is 1.60. The highest BCUT2D eigenvalue weighted by molar-refractivity contribution is 6.06. The molecular weight excluding hydrogens is 787 g/mol. The number of ether oxygens (including phenoxy) is 2. The van der Waals surface area contributed by atoms with E-state index in [0.29, 0.717) is 56.8 Å². The van der Waals surface area contributed by atoms with Crippen LogP contribution in [0.2, 0.25) is 0 Å². The Hall–Kier alpha value is -6.38. The average molecular weight is 844 g/mol. The Balaban J connectivity index is 0.794. The fourth-order valence-corrected chi connectivity index (χ4v) is 8.66. The van der Waals surface area contributed by atoms with Gasteiger partial charge in [-0.1, -0.05) is 12.1 Å². The standard InChI is InChI=1S/C47H57N9O6/c1-32-26-38(12-15-41(32)55-23-19-42(57)56(45(55)59)29-33-6-13-39(61-5)14-7-33)52-24-25-53(43(58)31-52)28-34-16-20-51(21-17-34)37-10-8-36(9-11-37)49-44-48-27-35-18-22-54(30-40(35)50-44)46(60)62-47(2,3)4/h6-15,26-27,34H,16-25,28-31H2,1-5H3,(H,48,49,50). The van der Waals surface area contributed by atoms with Crippen molar-refractivity contribution in [2.45, 2.75) is 72.1 Å². The quantitative estimate of drug-likeness (QED) is 0.181. The van der Waals surface area contributed by atoms with Crippen LogP contribution in [0.1, 0.15) is 62.4 Å². The van der Waals surface area contributed by atoms with Crippen LogP contribution in [0.15, 0.2) is 72.9 Å². The van der Waals surface area contributed by atoms with Gasteiger partial charge in [0.2, 0.25) is 17.8 Å². The molecule has 5 heterocycles. The Morgan fingerprint density at radius 3 is 2.26 bits per heavy atom. The van der Waals surface area contributed by atoms with Gasteiger partial charge in [-0.25, -0.2) is 19.6 Å². The number of amides is 5. The Labute approximate surface area is 363 Å². The summed E-state index contributed by atoms with van der Waals surface area (Å²) in [5.74, 6) is 1.59. The summed E-state index contributed by atoms with van der Waals surface area (Å²) in [6, 6.07) is 21.3. The SMILES string of the molecule is COc1ccc(CN2C(=O)CCN(c3ccc(N4CCN(CC5CCN(c6ccc(Nc7ncc8c(n7)CN(C(=O)OC(C)(C)C)CC8)cc6)CC5)C(=O)C4)cc3C)C2=O)cc1. The number of carbonyl (C=O) groups is 4. The molecule has 0 bridgehead atoms. The van der Waals surface area contributed by atoms with Crippen LogP contribution in [0.3, 0.4) is 0 Å². The second-order valence-electron chi connectivity index (χ2n) is 17.7. The molecule has 0 saturated carbocycles. The first-order valence-corrected chi connectivity index (χ1v) is 21.6. The molecule has 1 N–H and O–H groups in total. The summed E-state index contributed by atoms with van der Waals surface area (Å²) < 4.78 is 10.8. The number of methoxy groups -OCH3 is 1. The summed E-state index contributed by atoms with van der Waals surface area (Å²) >= 11 is 0. The minimum absolute atomic E-state index is 0.130. The molecule has 1 aromatic heterocycles. The van der Waals surface area contributed by atoms with Gasteiger partial charge >= 0.3 is 12.1 Å². The number of rotatable bonds is 10. The molecule has 62 heavy (non-hydrogen) atoms. The lowest BCUT2D eigenvalue weighted by Gasteiger charge is -2.40. The van der Waals surface area contributed by atoms with E-state index in [9.17, 15) is 19.2 Å². The topological polar surface area (TPSA) is 144 Å². The van der Waals surface area contributed by atoms with E-state index in [1.54, 1.807) is 16.9 Å². The number of anilines is 5. The van der Waals surface area contributed by atoms with E-state index < -0.39 is 5.60 Å². The summed E-state index contributed by atoms with van der Waals surface area (Å²) in [4.78, 5) is 73.1. The number of nitrogens with one attached hydrogen (secondary N) is 1. The van der Waals surface area contributed by atoms with Crippen molar-refractivity contribution >= 4 is 52.6 Å². The van der Waals surface area contributed by atoms with Crippen molar-refractivity contribution in [3.8, 4) is 5.75 Å². The molecule has 4 aliphatic rings. The molecule has 0 unspecified atom stereocenters. The molecule has 3 fully saturated rings. The first-order valence-electron chi connectivity index (χ1n) is 21.6. The number of nitrogens with zero attached hydrogens (tertiary/aromatic N) is 8. The molecule has 4 aromatic rings. The number of hydrogen-bond donors (Lipinski definition) is 1. The van der Waals surface area contributed by atoms with Gasteiger partial charge in [-0.05, 0) is 124 Å². The number of carbonyl (C=O) groups excluding carboxylic acids is 4. The van der Waals surface area contributed by atoms with Gasteiger partial charge in [-0.15, -0.1) is 0 Å². The highest BCUT2D eigenvalue weighted by Crippen LogP contribution is 2.31. The second-order valence-corrected chi connectivity index (χ2v) is 17.7. The number of urea groups is 1. The average Bonchev–Trinajstić information content (AvgIpc) is 3.26. The third kappa shape index (κ3) is 9.72. The van der Waals surface area contributed by atoms with Crippen LogP contribution in [0.25, 0.3) is 0 Å². The smallest absolute Gasteiger partial charge is 0.410 e. The van der Waals surface area contributed by atoms with Gasteiger partial charge < -0.3 is 34.4 Å². The van der Waals surface area contributed by atoms with Crippen LogP contribution in [0.4, 0.5) is 38.3 Å². The number of hydrogen-bond acceptors (Lipinski definition) is 11. The molecule has 5 amide bonds. The van der Waals surface area contributed by atoms with Crippen molar-refractivity contribution in [3.63, 3.8) is 0 Å². The number of piperazine rings is 1. The van der Waals surface area contributed by atoms with Crippen LogP contribution in [-0.4, -0.2) is 114 Å². The van der Waals surface area contributed by atoms with Crippen molar-refractivity contribution in [2.24, 2.45) is 5.92 Å². The molecule has 0 atom stereocenters. The number of fused-ring (bicyclic) bond motifs is 1. The number of benzene rings is 3. The molecule has 8 rings (SSSR count). The van der Waals surface area contributed by atoms with Gasteiger partial charge in [0, 0.05) is 81.2 Å². The normalized spacial score (nSPS) is 17.7. The predicted molar refractivity (Wildman–Crippen MR) is 238 cm³/mol. The minimum atomic E-state index is -0.553. The van der Waals surface area contributed by atoms with E-state index in [4.69, 9.17) is 14.5 Å². The summed E-state index contributed by atoms with van der Waals surface area (Å²) in [5.41, 5.74) is 6.84. The van der Waals surface area contributed by atoms with Crippen molar-refractivity contribution < 1.29 is 28.7 Å². The van der Waals surface area contributed by atoms with Crippen LogP contribution in [0, 0.1) is 12.8 Å². The van der Waals surface area contributed by atoms with Gasteiger partial charge in [0.1, 0.15) is 11.4 Å². The van der Waals surface area contributed by atoms with Gasteiger partial charge in [-0.3, -0.25) is 19.4 Å². The number of aryl methyl sites for hydroxylation is 1. The molecular formula is C47H57N9O6. The molecule has 3 aromatic carbocycles. The minimum Gasteiger partial charge on any atom is -0.497 e. The van der Waals surface area contributed by atoms with Crippen molar-refractivity contribution in [1.82, 2.24) is 24.7 Å². The van der Waals surface area contributed by atoms with Crippen molar-refractivity contribution in [2.75, 3.05) is 79.5 Å². The van der Waals surface area contributed by atoms with Gasteiger partial charge in [0.25, 0.3) is 0 Å². The summed E-state index contributed by atoms with van der Waals surface area (Å²) in [6.07, 6.45) is 4.47. The summed E-state index contributed by atoms with van der Waals surface area (Å²) in [6.45, 7) is 13.4. The third-order valence-electron chi connectivity index (χ3n) is 12.1. The Morgan fingerprint density at radius 2 is 1.56 bits per heavy atom. The maximum absolute atomic E-state index is 13.6. The first-order chi connectivity index (χ1) is 29.8. The monoisotopic (exact) mass is 843 g/mol. The van der Waals surface area contributed by atoms with Gasteiger partial charge in [0.15, 0.2) is 0 Å². The Kier molecular flexibility index (Phi) is 12.2. The van der Waals surface area contributed by atoms with E-state index in [1.807, 2.05) is 93.4 Å². The number of aromatic nitrogens is 2. The van der Waals surface area contributed by atoms with Gasteiger partial charge in [0.05, 0.1) is 32.4 Å². The van der Waals surface area contributed by atoms with Crippen molar-refractivity contribution in [3.05, 3.63) is 95.3 Å². The van der Waals surface area contributed by atoms with Crippen molar-refractivity contribution in [1.29, 1.82) is 0 Å². The fourth-order valence-electron chi connectivity index (χ4n) is 8.66. The third-order valence-corrected chi connectivity index (χ3v) is 12.1. The first kappa shape index (κ1) is 42.3. The molecule has 326 valence electrons. The maximum atomic E-state index is 13.6. The molecule has 0 aliphatic carbocycles. The largest absolute Gasteiger partial charge is 0.497 e. The zero-order chi connectivity index (χ0) is 43.5. The lowest BCUT2D eigenvalue weighted by molar-refractivity contribution is -0.132. The van der Waals surface area contributed by atoms with E-state index in [-0.39, 0.29) is 36.9 Å². The molecule has 0 radical (unpaired) electrons. The molecule has 3 saturated heterocycles. The highest BCUT2D eigenvalue weighted by Gasteiger charge is 2.34. The van der Waals surface area contributed by atoms with Gasteiger partial charge in [-0.2, -0.15) is 0 Å². The van der Waals surface area contributed by atoms with Crippen LogP contribution < -0.4 is 24.8 Å². The number of imide groups is 1. The lowest BCUT2D eigenvalue weighted by atomic mass is 9.95. The highest BCUT2D eigenvalue weighted by atomic mass is 16.6. The van der Waals surface area contributed by atoms with Crippen LogP contribution in [0.5, 0.6) is 5.75 Å². The molecule has 4 aliphatic heterocycles. The molecule has 15 heteroatoms. The molecule has 15 nitrogen and oxygen atoms in total. The zero-order valence-corrected chi connectivity index (χ0v) is 36.4.